The van der Waals surface area contributed by atoms with Gasteiger partial charge in [0.15, 0.2) is 11.5 Å². The molecule has 2 aliphatic rings. The molecule has 0 bridgehead atoms. The first-order valence-corrected chi connectivity index (χ1v) is 11.6. The van der Waals surface area contributed by atoms with E-state index in [1.807, 2.05) is 6.07 Å². The fourth-order valence-corrected chi connectivity index (χ4v) is 5.18. The molecule has 0 aliphatic carbocycles. The topological polar surface area (TPSA) is 94.2 Å². The van der Waals surface area contributed by atoms with Crippen molar-refractivity contribution in [2.75, 3.05) is 31.8 Å². The van der Waals surface area contributed by atoms with Crippen LogP contribution in [0, 0.1) is 0 Å². The molecular formula is C22H24N2O6S. The Hall–Kier alpha value is -3.04. The first kappa shape index (κ1) is 21.2. The molecule has 1 saturated heterocycles. The number of benzene rings is 2. The first-order valence-electron chi connectivity index (χ1n) is 10.1. The van der Waals surface area contributed by atoms with Crippen LogP contribution in [0.2, 0.25) is 0 Å². The molecular weight excluding hydrogens is 420 g/mol. The van der Waals surface area contributed by atoms with Crippen molar-refractivity contribution in [3.63, 3.8) is 0 Å². The Kier molecular flexibility index (Phi) is 6.15. The molecule has 2 aromatic rings. The van der Waals surface area contributed by atoms with E-state index in [2.05, 4.69) is 5.32 Å². The number of carbonyl (C=O) groups excluding carboxylic acids is 1. The number of hydrogen-bond acceptors (Lipinski definition) is 6. The Balaban J connectivity index is 1.52. The molecule has 2 aliphatic heterocycles. The summed E-state index contributed by atoms with van der Waals surface area (Å²) < 4.78 is 43.7. The molecule has 0 atom stereocenters. The number of nitrogens with one attached hydrogen (secondary N) is 1. The van der Waals surface area contributed by atoms with Gasteiger partial charge in [-0.15, -0.1) is 0 Å². The lowest BCUT2D eigenvalue weighted by molar-refractivity contribution is -0.111. The number of sulfonamides is 1. The van der Waals surface area contributed by atoms with Crippen molar-refractivity contribution in [2.45, 2.75) is 24.7 Å². The number of carbonyl (C=O) groups is 1. The third-order valence-electron chi connectivity index (χ3n) is 5.02. The van der Waals surface area contributed by atoms with Gasteiger partial charge in [-0.2, -0.15) is 4.31 Å². The summed E-state index contributed by atoms with van der Waals surface area (Å²) >= 11 is 0. The van der Waals surface area contributed by atoms with Gasteiger partial charge in [-0.05, 0) is 61.7 Å². The standard InChI is InChI=1S/C22H24N2O6S/c1-2-28-19-9-7-17(14-21(19)31(26,27)24-11-3-4-12-24)23-22(25)10-6-16-5-8-18-20(13-16)30-15-29-18/h5-10,13-14H,2-4,11-12,15H2,1H3,(H,23,25)/b10-6+. The van der Waals surface area contributed by atoms with Crippen LogP contribution in [-0.2, 0) is 14.8 Å². The first-order chi connectivity index (χ1) is 15.0. The van der Waals surface area contributed by atoms with E-state index < -0.39 is 10.0 Å². The molecule has 0 spiro atoms. The third kappa shape index (κ3) is 4.67. The fraction of sp³-hybridized carbons (Fsp3) is 0.318. The normalized spacial score (nSPS) is 16.0. The van der Waals surface area contributed by atoms with E-state index >= 15 is 0 Å². The van der Waals surface area contributed by atoms with Crippen molar-refractivity contribution in [3.05, 3.63) is 48.0 Å². The fourth-order valence-electron chi connectivity index (χ4n) is 3.50. The molecule has 1 fully saturated rings. The van der Waals surface area contributed by atoms with E-state index in [4.69, 9.17) is 14.2 Å². The van der Waals surface area contributed by atoms with Gasteiger partial charge in [0, 0.05) is 24.9 Å². The van der Waals surface area contributed by atoms with Crippen molar-refractivity contribution < 1.29 is 27.4 Å². The Morgan fingerprint density at radius 2 is 1.90 bits per heavy atom. The summed E-state index contributed by atoms with van der Waals surface area (Å²) in [4.78, 5) is 12.5. The number of anilines is 1. The average Bonchev–Trinajstić information content (AvgIpc) is 3.45. The van der Waals surface area contributed by atoms with Crippen LogP contribution >= 0.6 is 0 Å². The highest BCUT2D eigenvalue weighted by molar-refractivity contribution is 7.89. The maximum Gasteiger partial charge on any atom is 0.248 e. The molecule has 0 aromatic heterocycles. The van der Waals surface area contributed by atoms with Crippen LogP contribution in [0.4, 0.5) is 5.69 Å². The summed E-state index contributed by atoms with van der Waals surface area (Å²) in [7, 11) is -3.70. The molecule has 0 unspecified atom stereocenters. The minimum Gasteiger partial charge on any atom is -0.492 e. The summed E-state index contributed by atoms with van der Waals surface area (Å²) in [5, 5.41) is 2.72. The average molecular weight is 445 g/mol. The quantitative estimate of drug-likeness (QED) is 0.659. The zero-order valence-corrected chi connectivity index (χ0v) is 18.0. The van der Waals surface area contributed by atoms with E-state index in [-0.39, 0.29) is 23.3 Å². The predicted octanol–water partition coefficient (Wildman–Crippen LogP) is 3.25. The van der Waals surface area contributed by atoms with Crippen LogP contribution in [0.15, 0.2) is 47.4 Å². The monoisotopic (exact) mass is 444 g/mol. The molecule has 8 nitrogen and oxygen atoms in total. The van der Waals surface area contributed by atoms with Gasteiger partial charge in [0.05, 0.1) is 6.61 Å². The summed E-state index contributed by atoms with van der Waals surface area (Å²) in [5.74, 6) is 1.20. The van der Waals surface area contributed by atoms with Gasteiger partial charge >= 0.3 is 0 Å². The van der Waals surface area contributed by atoms with Crippen LogP contribution < -0.4 is 19.5 Å². The summed E-state index contributed by atoms with van der Waals surface area (Å²) in [6.07, 6.45) is 4.70. The Labute approximate surface area is 181 Å². The molecule has 4 rings (SSSR count). The van der Waals surface area contributed by atoms with Crippen molar-refractivity contribution in [1.29, 1.82) is 0 Å². The van der Waals surface area contributed by atoms with E-state index in [1.54, 1.807) is 37.3 Å². The van der Waals surface area contributed by atoms with E-state index in [9.17, 15) is 13.2 Å². The summed E-state index contributed by atoms with van der Waals surface area (Å²) in [6, 6.07) is 10.0. The molecule has 9 heteroatoms. The van der Waals surface area contributed by atoms with Crippen molar-refractivity contribution in [3.8, 4) is 17.2 Å². The van der Waals surface area contributed by atoms with Gasteiger partial charge < -0.3 is 19.5 Å². The Morgan fingerprint density at radius 1 is 1.13 bits per heavy atom. The number of ether oxygens (including phenoxy) is 3. The van der Waals surface area contributed by atoms with Gasteiger partial charge in [-0.1, -0.05) is 6.07 Å². The lowest BCUT2D eigenvalue weighted by Gasteiger charge is -2.19. The number of hydrogen-bond donors (Lipinski definition) is 1. The van der Waals surface area contributed by atoms with E-state index in [0.29, 0.717) is 36.9 Å². The lowest BCUT2D eigenvalue weighted by atomic mass is 10.2. The van der Waals surface area contributed by atoms with Crippen molar-refractivity contribution in [1.82, 2.24) is 4.31 Å². The number of rotatable bonds is 7. The van der Waals surface area contributed by atoms with Crippen LogP contribution in [-0.4, -0.2) is 45.1 Å². The highest BCUT2D eigenvalue weighted by atomic mass is 32.2. The smallest absolute Gasteiger partial charge is 0.248 e. The molecule has 2 heterocycles. The lowest BCUT2D eigenvalue weighted by Crippen LogP contribution is -2.28. The molecule has 31 heavy (non-hydrogen) atoms. The molecule has 1 amide bonds. The number of nitrogens with zero attached hydrogens (tertiary/aromatic N) is 1. The zero-order valence-electron chi connectivity index (χ0n) is 17.2. The largest absolute Gasteiger partial charge is 0.492 e. The van der Waals surface area contributed by atoms with Gasteiger partial charge in [0.2, 0.25) is 22.7 Å². The number of fused-ring (bicyclic) bond motifs is 1. The SMILES string of the molecule is CCOc1ccc(NC(=O)/C=C/c2ccc3c(c2)OCO3)cc1S(=O)(=O)N1CCCC1. The maximum atomic E-state index is 13.1. The number of amides is 1. The Morgan fingerprint density at radius 3 is 2.68 bits per heavy atom. The molecule has 1 N–H and O–H groups in total. The van der Waals surface area contributed by atoms with Gasteiger partial charge in [0.25, 0.3) is 0 Å². The molecule has 0 saturated carbocycles. The maximum absolute atomic E-state index is 13.1. The predicted molar refractivity (Wildman–Crippen MR) is 116 cm³/mol. The summed E-state index contributed by atoms with van der Waals surface area (Å²) in [6.45, 7) is 3.30. The second-order valence-corrected chi connectivity index (χ2v) is 9.05. The summed E-state index contributed by atoms with van der Waals surface area (Å²) in [5.41, 5.74) is 1.16. The van der Waals surface area contributed by atoms with Gasteiger partial charge in [0.1, 0.15) is 10.6 Å². The molecule has 164 valence electrons. The minimum atomic E-state index is -3.70. The molecule has 2 aromatic carbocycles. The van der Waals surface area contributed by atoms with Crippen LogP contribution in [0.5, 0.6) is 17.2 Å². The van der Waals surface area contributed by atoms with Crippen LogP contribution in [0.1, 0.15) is 25.3 Å². The van der Waals surface area contributed by atoms with Gasteiger partial charge in [-0.3, -0.25) is 4.79 Å². The molecule has 0 radical (unpaired) electrons. The van der Waals surface area contributed by atoms with Crippen molar-refractivity contribution in [2.24, 2.45) is 0 Å². The third-order valence-corrected chi connectivity index (χ3v) is 6.94. The van der Waals surface area contributed by atoms with E-state index in [1.165, 1.54) is 16.4 Å². The second kappa shape index (κ2) is 8.99. The van der Waals surface area contributed by atoms with E-state index in [0.717, 1.165) is 18.4 Å². The highest BCUT2D eigenvalue weighted by Gasteiger charge is 2.30. The van der Waals surface area contributed by atoms with Crippen LogP contribution in [0.3, 0.4) is 0 Å². The van der Waals surface area contributed by atoms with Crippen molar-refractivity contribution >= 4 is 27.7 Å². The zero-order chi connectivity index (χ0) is 21.8. The minimum absolute atomic E-state index is 0.0637. The van der Waals surface area contributed by atoms with Crippen LogP contribution in [0.25, 0.3) is 6.08 Å². The highest BCUT2D eigenvalue weighted by Crippen LogP contribution is 2.33. The second-order valence-electron chi connectivity index (χ2n) is 7.14. The Bertz CT molecular complexity index is 1110. The van der Waals surface area contributed by atoms with Gasteiger partial charge in [-0.25, -0.2) is 8.42 Å².